The quantitative estimate of drug-likeness (QED) is 0.450. The van der Waals surface area contributed by atoms with Crippen molar-refractivity contribution in [2.75, 3.05) is 0 Å². The van der Waals surface area contributed by atoms with Crippen molar-refractivity contribution in [1.29, 1.82) is 0 Å². The highest BCUT2D eigenvalue weighted by Crippen LogP contribution is 2.45. The third-order valence-corrected chi connectivity index (χ3v) is 5.09. The van der Waals surface area contributed by atoms with E-state index in [1.807, 2.05) is 30.3 Å². The van der Waals surface area contributed by atoms with E-state index in [9.17, 15) is 5.11 Å². The van der Waals surface area contributed by atoms with E-state index in [0.29, 0.717) is 5.75 Å². The summed E-state index contributed by atoms with van der Waals surface area (Å²) in [6.45, 7) is 0. The van der Waals surface area contributed by atoms with Gasteiger partial charge in [0.15, 0.2) is 0 Å². The molecule has 0 saturated heterocycles. The molecular weight excluding hydrogens is 378 g/mol. The molecule has 0 aliphatic carbocycles. The van der Waals surface area contributed by atoms with Crippen molar-refractivity contribution in [1.82, 2.24) is 4.57 Å². The maximum Gasteiger partial charge on any atom is 0.203 e. The summed E-state index contributed by atoms with van der Waals surface area (Å²) in [5.74, 6) is 0.904. The predicted octanol–water partition coefficient (Wildman–Crippen LogP) is 5.72. The Labute approximate surface area is 153 Å². The van der Waals surface area contributed by atoms with Gasteiger partial charge in [0, 0.05) is 27.1 Å². The molecule has 0 bridgehead atoms. The van der Waals surface area contributed by atoms with Gasteiger partial charge < -0.3 is 14.4 Å². The Bertz CT molecular complexity index is 1100. The molecule has 0 saturated carbocycles. The molecule has 0 fully saturated rings. The van der Waals surface area contributed by atoms with E-state index in [0.717, 1.165) is 32.2 Å². The van der Waals surface area contributed by atoms with Gasteiger partial charge in [0.05, 0.1) is 11.2 Å². The van der Waals surface area contributed by atoms with Crippen LogP contribution in [0.5, 0.6) is 11.5 Å². The van der Waals surface area contributed by atoms with Gasteiger partial charge in [-0.2, -0.15) is 0 Å². The highest BCUT2D eigenvalue weighted by molar-refractivity contribution is 9.10. The topological polar surface area (TPSA) is 34.4 Å². The molecule has 0 spiro atoms. The largest absolute Gasteiger partial charge is 0.508 e. The van der Waals surface area contributed by atoms with Gasteiger partial charge in [0.2, 0.25) is 6.23 Å². The Hall–Kier alpha value is -2.72. The van der Waals surface area contributed by atoms with Gasteiger partial charge in [0.1, 0.15) is 11.5 Å². The molecule has 1 N–H and O–H groups in total. The number of nitrogens with zero attached hydrogens (tertiary/aromatic N) is 1. The van der Waals surface area contributed by atoms with Gasteiger partial charge in [-0.1, -0.05) is 46.3 Å². The molecule has 4 heteroatoms. The summed E-state index contributed by atoms with van der Waals surface area (Å²) in [5.41, 5.74) is 4.25. The lowest BCUT2D eigenvalue weighted by molar-refractivity contribution is 0.173. The zero-order valence-electron chi connectivity index (χ0n) is 13.2. The fraction of sp³-hybridized carbons (Fsp3) is 0.0476. The smallest absolute Gasteiger partial charge is 0.203 e. The van der Waals surface area contributed by atoms with Crippen LogP contribution >= 0.6 is 15.9 Å². The summed E-state index contributed by atoms with van der Waals surface area (Å²) in [4.78, 5) is 0. The third-order valence-electron chi connectivity index (χ3n) is 4.60. The number of benzene rings is 3. The van der Waals surface area contributed by atoms with Crippen LogP contribution in [0, 0.1) is 0 Å². The number of rotatable bonds is 1. The first-order valence-electron chi connectivity index (χ1n) is 8.06. The molecule has 5 rings (SSSR count). The molecule has 1 aromatic heterocycles. The zero-order valence-corrected chi connectivity index (χ0v) is 14.8. The molecule has 1 aliphatic rings. The van der Waals surface area contributed by atoms with Gasteiger partial charge in [-0.05, 0) is 36.4 Å². The second-order valence-electron chi connectivity index (χ2n) is 6.16. The highest BCUT2D eigenvalue weighted by atomic mass is 79.9. The van der Waals surface area contributed by atoms with Crippen molar-refractivity contribution in [2.45, 2.75) is 6.23 Å². The number of aromatic nitrogens is 1. The number of halogens is 1. The lowest BCUT2D eigenvalue weighted by Gasteiger charge is -2.30. The number of ether oxygens (including phenoxy) is 1. The Morgan fingerprint density at radius 2 is 1.76 bits per heavy atom. The molecular formula is C21H14BrNO2. The van der Waals surface area contributed by atoms with Crippen LogP contribution in [-0.2, 0) is 0 Å². The molecule has 1 aliphatic heterocycles. The van der Waals surface area contributed by atoms with E-state index in [-0.39, 0.29) is 12.0 Å². The van der Waals surface area contributed by atoms with Gasteiger partial charge >= 0.3 is 0 Å². The standard InChI is InChI=1S/C21H14BrNO2/c22-15-6-9-18-14(10-15)11-19-17-8-7-16(24)12-20(17)25-21(23(18)19)13-4-2-1-3-5-13/h1-12,21,24H/t21-/m0/s1. The molecule has 1 atom stereocenters. The number of hydrogen-bond acceptors (Lipinski definition) is 2. The van der Waals surface area contributed by atoms with E-state index < -0.39 is 0 Å². The number of hydrogen-bond donors (Lipinski definition) is 1. The molecule has 3 nitrogen and oxygen atoms in total. The first-order valence-corrected chi connectivity index (χ1v) is 8.85. The van der Waals surface area contributed by atoms with E-state index in [2.05, 4.69) is 50.8 Å². The van der Waals surface area contributed by atoms with Crippen LogP contribution < -0.4 is 4.74 Å². The van der Waals surface area contributed by atoms with E-state index in [4.69, 9.17) is 4.74 Å². The van der Waals surface area contributed by atoms with Crippen LogP contribution in [0.1, 0.15) is 11.8 Å². The Morgan fingerprint density at radius 1 is 0.920 bits per heavy atom. The van der Waals surface area contributed by atoms with Crippen LogP contribution in [0.4, 0.5) is 0 Å². The lowest BCUT2D eigenvalue weighted by atomic mass is 10.1. The first-order chi connectivity index (χ1) is 12.2. The van der Waals surface area contributed by atoms with Crippen molar-refractivity contribution in [3.05, 3.63) is 82.8 Å². The number of fused-ring (bicyclic) bond motifs is 5. The van der Waals surface area contributed by atoms with Crippen molar-refractivity contribution in [2.24, 2.45) is 0 Å². The average Bonchev–Trinajstić information content (AvgIpc) is 3.00. The molecule has 0 amide bonds. The molecule has 2 heterocycles. The first kappa shape index (κ1) is 14.6. The minimum Gasteiger partial charge on any atom is -0.508 e. The van der Waals surface area contributed by atoms with Crippen LogP contribution in [0.3, 0.4) is 0 Å². The predicted molar refractivity (Wildman–Crippen MR) is 102 cm³/mol. The second-order valence-corrected chi connectivity index (χ2v) is 7.08. The van der Waals surface area contributed by atoms with E-state index in [1.54, 1.807) is 12.1 Å². The summed E-state index contributed by atoms with van der Waals surface area (Å²) in [6.07, 6.45) is -0.274. The van der Waals surface area contributed by atoms with Gasteiger partial charge in [-0.15, -0.1) is 0 Å². The fourth-order valence-corrected chi connectivity index (χ4v) is 3.87. The lowest BCUT2D eigenvalue weighted by Crippen LogP contribution is -2.22. The number of phenols is 1. The summed E-state index contributed by atoms with van der Waals surface area (Å²) >= 11 is 3.55. The molecule has 25 heavy (non-hydrogen) atoms. The molecule has 3 aromatic carbocycles. The Balaban J connectivity index is 1.84. The molecule has 4 aromatic rings. The molecule has 0 unspecified atom stereocenters. The monoisotopic (exact) mass is 391 g/mol. The van der Waals surface area contributed by atoms with E-state index >= 15 is 0 Å². The SMILES string of the molecule is Oc1ccc2c(c1)O[C@@H](c1ccccc1)n1c-2cc2cc(Br)ccc21. The van der Waals surface area contributed by atoms with Crippen LogP contribution in [0.15, 0.2) is 77.3 Å². The average molecular weight is 392 g/mol. The summed E-state index contributed by atoms with van der Waals surface area (Å²) in [5, 5.41) is 11.0. The Kier molecular flexibility index (Phi) is 3.15. The summed E-state index contributed by atoms with van der Waals surface area (Å²) in [6, 6.07) is 23.9. The van der Waals surface area contributed by atoms with Crippen molar-refractivity contribution in [3.8, 4) is 22.8 Å². The van der Waals surface area contributed by atoms with Crippen LogP contribution in [0.2, 0.25) is 0 Å². The minimum absolute atomic E-state index is 0.206. The maximum atomic E-state index is 9.88. The second kappa shape index (κ2) is 5.39. The Morgan fingerprint density at radius 3 is 2.60 bits per heavy atom. The highest BCUT2D eigenvalue weighted by Gasteiger charge is 2.29. The molecule has 122 valence electrons. The molecule has 0 radical (unpaired) electrons. The third kappa shape index (κ3) is 2.25. The minimum atomic E-state index is -0.274. The fourth-order valence-electron chi connectivity index (χ4n) is 3.50. The van der Waals surface area contributed by atoms with Gasteiger partial charge in [-0.25, -0.2) is 0 Å². The number of phenolic OH excluding ortho intramolecular Hbond substituents is 1. The van der Waals surface area contributed by atoms with Crippen molar-refractivity contribution < 1.29 is 9.84 Å². The van der Waals surface area contributed by atoms with E-state index in [1.165, 1.54) is 0 Å². The zero-order chi connectivity index (χ0) is 17.0. The van der Waals surface area contributed by atoms with Crippen molar-refractivity contribution in [3.63, 3.8) is 0 Å². The van der Waals surface area contributed by atoms with Crippen molar-refractivity contribution >= 4 is 26.8 Å². The normalized spacial score (nSPS) is 15.5. The van der Waals surface area contributed by atoms with Gasteiger partial charge in [0.25, 0.3) is 0 Å². The number of aromatic hydroxyl groups is 1. The maximum absolute atomic E-state index is 9.88. The summed E-state index contributed by atoms with van der Waals surface area (Å²) in [7, 11) is 0. The van der Waals surface area contributed by atoms with Crippen LogP contribution in [0.25, 0.3) is 22.2 Å². The summed E-state index contributed by atoms with van der Waals surface area (Å²) < 4.78 is 9.58. The van der Waals surface area contributed by atoms with Gasteiger partial charge in [-0.3, -0.25) is 0 Å². The van der Waals surface area contributed by atoms with Crippen LogP contribution in [-0.4, -0.2) is 9.67 Å².